The van der Waals surface area contributed by atoms with Crippen LogP contribution in [-0.2, 0) is 0 Å². The van der Waals surface area contributed by atoms with Crippen LogP contribution in [0.3, 0.4) is 0 Å². The molecule has 0 heteroatoms. The quantitative estimate of drug-likeness (QED) is 0.283. The molecule has 0 nitrogen and oxygen atoms in total. The van der Waals surface area contributed by atoms with Crippen molar-refractivity contribution in [2.45, 2.75) is 130 Å². The van der Waals surface area contributed by atoms with Gasteiger partial charge >= 0.3 is 0 Å². The molecule has 0 bridgehead atoms. The average Bonchev–Trinajstić information content (AvgIpc) is 2.86. The maximum absolute atomic E-state index is 2.57. The number of hydrogen-bond donors (Lipinski definition) is 0. The largest absolute Gasteiger partial charge is 0.0664 e. The zero-order valence-corrected chi connectivity index (χ0v) is 27.0. The van der Waals surface area contributed by atoms with Crippen molar-refractivity contribution in [3.63, 3.8) is 0 Å². The molecule has 0 saturated heterocycles. The monoisotopic (exact) mass is 494 g/mol. The highest BCUT2D eigenvalue weighted by molar-refractivity contribution is 5.43. The Labute approximate surface area is 227 Å². The van der Waals surface area contributed by atoms with Crippen molar-refractivity contribution < 1.29 is 0 Å². The van der Waals surface area contributed by atoms with Crippen LogP contribution in [0.25, 0.3) is 0 Å². The number of rotatable bonds is 10. The van der Waals surface area contributed by atoms with Crippen LogP contribution in [0.4, 0.5) is 0 Å². The summed E-state index contributed by atoms with van der Waals surface area (Å²) in [5.41, 5.74) is 13.0. The van der Waals surface area contributed by atoms with Crippen molar-refractivity contribution in [3.8, 4) is 0 Å². The van der Waals surface area contributed by atoms with Crippen molar-refractivity contribution in [1.82, 2.24) is 0 Å². The van der Waals surface area contributed by atoms with Crippen LogP contribution in [-0.4, -0.2) is 0 Å². The molecule has 0 aromatic rings. The molecular weight excluding hydrogens is 432 g/mol. The van der Waals surface area contributed by atoms with E-state index in [2.05, 4.69) is 104 Å². The van der Waals surface area contributed by atoms with Gasteiger partial charge in [0.2, 0.25) is 0 Å². The van der Waals surface area contributed by atoms with Crippen LogP contribution in [0.2, 0.25) is 0 Å². The first-order valence-corrected chi connectivity index (χ1v) is 15.4. The van der Waals surface area contributed by atoms with Gasteiger partial charge in [0, 0.05) is 0 Å². The van der Waals surface area contributed by atoms with Gasteiger partial charge in [0.1, 0.15) is 0 Å². The zero-order chi connectivity index (χ0) is 27.6. The van der Waals surface area contributed by atoms with Gasteiger partial charge in [0.25, 0.3) is 0 Å². The lowest BCUT2D eigenvalue weighted by molar-refractivity contribution is 0.177. The molecule has 0 aromatic carbocycles. The summed E-state index contributed by atoms with van der Waals surface area (Å²) in [5, 5.41) is 0. The molecule has 0 radical (unpaired) electrons. The second kappa shape index (κ2) is 12.7. The minimum Gasteiger partial charge on any atom is -0.0664 e. The summed E-state index contributed by atoms with van der Waals surface area (Å²) in [6.07, 6.45) is 5.21. The van der Waals surface area contributed by atoms with E-state index in [0.717, 1.165) is 29.6 Å². The number of allylic oxidation sites excluding steroid dienone is 8. The van der Waals surface area contributed by atoms with E-state index >= 15 is 0 Å². The minimum absolute atomic E-state index is 0.686. The van der Waals surface area contributed by atoms with Crippen LogP contribution >= 0.6 is 0 Å². The predicted molar refractivity (Wildman–Crippen MR) is 163 cm³/mol. The Kier molecular flexibility index (Phi) is 11.0. The van der Waals surface area contributed by atoms with E-state index in [-0.39, 0.29) is 0 Å². The van der Waals surface area contributed by atoms with Crippen LogP contribution in [0.1, 0.15) is 130 Å². The van der Waals surface area contributed by atoms with Gasteiger partial charge in [-0.05, 0) is 144 Å². The van der Waals surface area contributed by atoms with Gasteiger partial charge in [-0.3, -0.25) is 0 Å². The summed E-state index contributed by atoms with van der Waals surface area (Å²) in [5.74, 6) is 6.47. The van der Waals surface area contributed by atoms with Crippen LogP contribution in [0.5, 0.6) is 0 Å². The standard InChI is InChI=1S/C36H62/c1-16-21(4)23(6)35-31(14)27(10)25(8)29(12)33(35)18-20(3)19-34-30(13)26(9)28(11)32(15)36(34)24(7)22(5)17-2/h20-24,33-36H,16-19H2,1-15H3. The van der Waals surface area contributed by atoms with E-state index in [9.17, 15) is 0 Å². The highest BCUT2D eigenvalue weighted by Crippen LogP contribution is 2.50. The Hall–Kier alpha value is -1.04. The highest BCUT2D eigenvalue weighted by Gasteiger charge is 2.40. The molecule has 2 aliphatic rings. The van der Waals surface area contributed by atoms with Gasteiger partial charge in [0.05, 0.1) is 0 Å². The molecule has 8 unspecified atom stereocenters. The topological polar surface area (TPSA) is 0 Å². The van der Waals surface area contributed by atoms with E-state index in [1.54, 1.807) is 44.6 Å². The van der Waals surface area contributed by atoms with E-state index in [1.165, 1.54) is 25.7 Å². The molecule has 0 saturated carbocycles. The van der Waals surface area contributed by atoms with Crippen molar-refractivity contribution in [2.24, 2.45) is 53.3 Å². The molecule has 0 fully saturated rings. The molecule has 36 heavy (non-hydrogen) atoms. The second-order valence-electron chi connectivity index (χ2n) is 13.6. The molecule has 0 aliphatic heterocycles. The molecule has 2 rings (SSSR count). The summed E-state index contributed by atoms with van der Waals surface area (Å²) < 4.78 is 0. The lowest BCUT2D eigenvalue weighted by Crippen LogP contribution is -2.35. The molecular formula is C36H62. The first-order chi connectivity index (χ1) is 16.7. The predicted octanol–water partition coefficient (Wildman–Crippen LogP) is 11.6. The fourth-order valence-electron chi connectivity index (χ4n) is 7.96. The van der Waals surface area contributed by atoms with Crippen molar-refractivity contribution in [3.05, 3.63) is 44.6 Å². The third kappa shape index (κ3) is 5.99. The smallest absolute Gasteiger partial charge is 0.0106 e. The molecule has 0 N–H and O–H groups in total. The molecule has 0 aromatic heterocycles. The Morgan fingerprint density at radius 2 is 0.750 bits per heavy atom. The summed E-state index contributed by atoms with van der Waals surface area (Å²) in [7, 11) is 0. The van der Waals surface area contributed by atoms with Gasteiger partial charge in [0.15, 0.2) is 0 Å². The minimum atomic E-state index is 0.686. The van der Waals surface area contributed by atoms with Gasteiger partial charge in [-0.15, -0.1) is 0 Å². The van der Waals surface area contributed by atoms with Gasteiger partial charge in [-0.25, -0.2) is 0 Å². The first-order valence-electron chi connectivity index (χ1n) is 15.4. The van der Waals surface area contributed by atoms with Crippen molar-refractivity contribution in [2.75, 3.05) is 0 Å². The Morgan fingerprint density at radius 1 is 0.472 bits per heavy atom. The summed E-state index contributed by atoms with van der Waals surface area (Å²) in [6.45, 7) is 36.7. The van der Waals surface area contributed by atoms with Crippen LogP contribution in [0, 0.1) is 53.3 Å². The maximum atomic E-state index is 2.57. The van der Waals surface area contributed by atoms with Gasteiger partial charge in [-0.1, -0.05) is 83.6 Å². The third-order valence-electron chi connectivity index (χ3n) is 12.0. The van der Waals surface area contributed by atoms with Crippen molar-refractivity contribution in [1.29, 1.82) is 0 Å². The van der Waals surface area contributed by atoms with E-state index in [4.69, 9.17) is 0 Å². The van der Waals surface area contributed by atoms with E-state index < -0.39 is 0 Å². The Bertz CT molecular complexity index is 828. The van der Waals surface area contributed by atoms with E-state index in [1.807, 2.05) is 0 Å². The lowest BCUT2D eigenvalue weighted by Gasteiger charge is -2.44. The van der Waals surface area contributed by atoms with Crippen LogP contribution < -0.4 is 0 Å². The molecule has 206 valence electrons. The third-order valence-corrected chi connectivity index (χ3v) is 12.0. The summed E-state index contributed by atoms with van der Waals surface area (Å²) in [6, 6.07) is 0. The first kappa shape index (κ1) is 31.2. The van der Waals surface area contributed by atoms with Crippen LogP contribution in [0.15, 0.2) is 44.6 Å². The normalized spacial score (nSPS) is 30.1. The average molecular weight is 495 g/mol. The molecule has 2 aliphatic carbocycles. The summed E-state index contributed by atoms with van der Waals surface area (Å²) in [4.78, 5) is 0. The molecule has 8 atom stereocenters. The number of hydrogen-bond acceptors (Lipinski definition) is 0. The highest BCUT2D eigenvalue weighted by atomic mass is 14.4. The van der Waals surface area contributed by atoms with E-state index in [0.29, 0.717) is 23.7 Å². The fourth-order valence-corrected chi connectivity index (χ4v) is 7.96. The molecule has 0 amide bonds. The van der Waals surface area contributed by atoms with Gasteiger partial charge < -0.3 is 0 Å². The van der Waals surface area contributed by atoms with Gasteiger partial charge in [-0.2, -0.15) is 0 Å². The zero-order valence-electron chi connectivity index (χ0n) is 27.0. The Morgan fingerprint density at radius 3 is 1.03 bits per heavy atom. The molecule has 0 spiro atoms. The lowest BCUT2D eigenvalue weighted by atomic mass is 9.61. The fraction of sp³-hybridized carbons (Fsp3) is 0.778. The SMILES string of the molecule is CCC(C)C(C)C1C(C)=C(C)C(C)=C(C)C1CC(C)CC1C(C)=C(C)C(C)=C(C)C1C(C)C(C)CC. The second-order valence-corrected chi connectivity index (χ2v) is 13.6. The maximum Gasteiger partial charge on any atom is -0.0106 e. The van der Waals surface area contributed by atoms with Crippen molar-refractivity contribution >= 4 is 0 Å². The Balaban J connectivity index is 2.40. The summed E-state index contributed by atoms with van der Waals surface area (Å²) >= 11 is 0. The molecule has 0 heterocycles.